The number of hydrogen-bond donors (Lipinski definition) is 1. The van der Waals surface area contributed by atoms with Gasteiger partial charge >= 0.3 is 5.97 Å². The van der Waals surface area contributed by atoms with Crippen molar-refractivity contribution in [2.45, 2.75) is 25.9 Å². The molecule has 0 radical (unpaired) electrons. The summed E-state index contributed by atoms with van der Waals surface area (Å²) in [6.07, 6.45) is 3.34. The molecule has 78 valence electrons. The topological polar surface area (TPSA) is 70.1 Å². The molecule has 1 heterocycles. The van der Waals surface area contributed by atoms with E-state index in [2.05, 4.69) is 9.84 Å². The van der Waals surface area contributed by atoms with Crippen LogP contribution in [0, 0.1) is 0 Å². The van der Waals surface area contributed by atoms with Gasteiger partial charge in [0.1, 0.15) is 6.04 Å². The van der Waals surface area contributed by atoms with Crippen molar-refractivity contribution in [3.8, 4) is 0 Å². The molecule has 0 fully saturated rings. The molecule has 0 aromatic carbocycles. The summed E-state index contributed by atoms with van der Waals surface area (Å²) in [6, 6.07) is -0.485. The Bertz CT molecular complexity index is 320. The number of nitrogens with zero attached hydrogens (tertiary/aromatic N) is 2. The van der Waals surface area contributed by atoms with E-state index in [9.17, 15) is 4.79 Å². The Labute approximate surface area is 82.8 Å². The Morgan fingerprint density at radius 2 is 2.29 bits per heavy atom. The number of rotatable bonds is 3. The molecule has 0 aliphatic rings. The van der Waals surface area contributed by atoms with Crippen LogP contribution in [0.1, 0.15) is 31.5 Å². The average molecular weight is 197 g/mol. The van der Waals surface area contributed by atoms with Gasteiger partial charge in [-0.25, -0.2) is 0 Å². The zero-order valence-corrected chi connectivity index (χ0v) is 8.60. The number of esters is 1. The molecule has 0 amide bonds. The number of carbonyl (C=O) groups excluding carboxylic acids is 1. The molecule has 1 rings (SSSR count). The minimum atomic E-state index is -0.743. The largest absolute Gasteiger partial charge is 0.468 e. The Balaban J connectivity index is 2.81. The standard InChI is InChI=1S/C9H15N3O2/c1-6(2)12-5-7(4-11-12)8(10)9(13)14-3/h4-6,8H,10H2,1-3H3. The predicted octanol–water partition coefficient (Wildman–Crippen LogP) is 0.637. The number of nitrogens with two attached hydrogens (primary N) is 1. The maximum Gasteiger partial charge on any atom is 0.327 e. The third kappa shape index (κ3) is 2.11. The average Bonchev–Trinajstić information content (AvgIpc) is 2.64. The van der Waals surface area contributed by atoms with Crippen LogP contribution in [-0.4, -0.2) is 22.9 Å². The highest BCUT2D eigenvalue weighted by atomic mass is 16.5. The molecule has 0 aliphatic heterocycles. The maximum absolute atomic E-state index is 11.1. The molecule has 0 aliphatic carbocycles. The normalized spacial score (nSPS) is 12.9. The van der Waals surface area contributed by atoms with Crippen molar-refractivity contribution in [2.24, 2.45) is 5.73 Å². The number of methoxy groups -OCH3 is 1. The van der Waals surface area contributed by atoms with Crippen molar-refractivity contribution in [2.75, 3.05) is 7.11 Å². The lowest BCUT2D eigenvalue weighted by molar-refractivity contribution is -0.142. The molecular formula is C9H15N3O2. The van der Waals surface area contributed by atoms with Gasteiger partial charge in [0.05, 0.1) is 13.3 Å². The molecule has 1 aromatic rings. The Morgan fingerprint density at radius 1 is 1.64 bits per heavy atom. The Hall–Kier alpha value is -1.36. The zero-order valence-electron chi connectivity index (χ0n) is 8.60. The summed E-state index contributed by atoms with van der Waals surface area (Å²) in [5.41, 5.74) is 6.31. The molecule has 1 atom stereocenters. The van der Waals surface area contributed by atoms with Gasteiger partial charge in [0.2, 0.25) is 0 Å². The highest BCUT2D eigenvalue weighted by Crippen LogP contribution is 2.12. The number of ether oxygens (including phenoxy) is 1. The molecule has 0 saturated carbocycles. The first-order chi connectivity index (χ1) is 6.56. The van der Waals surface area contributed by atoms with Gasteiger partial charge in [0.25, 0.3) is 0 Å². The van der Waals surface area contributed by atoms with Crippen LogP contribution in [0.15, 0.2) is 12.4 Å². The minimum absolute atomic E-state index is 0.258. The summed E-state index contributed by atoms with van der Waals surface area (Å²) < 4.78 is 6.28. The van der Waals surface area contributed by atoms with Crippen LogP contribution in [0.3, 0.4) is 0 Å². The highest BCUT2D eigenvalue weighted by molar-refractivity contribution is 5.76. The number of carbonyl (C=O) groups is 1. The van der Waals surface area contributed by atoms with Gasteiger partial charge in [0.15, 0.2) is 0 Å². The van der Waals surface area contributed by atoms with Gasteiger partial charge in [-0.2, -0.15) is 5.10 Å². The summed E-state index contributed by atoms with van der Waals surface area (Å²) in [4.78, 5) is 11.1. The highest BCUT2D eigenvalue weighted by Gasteiger charge is 2.18. The molecule has 5 nitrogen and oxygen atoms in total. The smallest absolute Gasteiger partial charge is 0.327 e. The van der Waals surface area contributed by atoms with E-state index in [4.69, 9.17) is 5.73 Å². The molecular weight excluding hydrogens is 182 g/mol. The van der Waals surface area contributed by atoms with E-state index in [1.807, 2.05) is 13.8 Å². The van der Waals surface area contributed by atoms with Crippen LogP contribution in [0.2, 0.25) is 0 Å². The van der Waals surface area contributed by atoms with E-state index in [-0.39, 0.29) is 6.04 Å². The quantitative estimate of drug-likeness (QED) is 0.722. The second-order valence-corrected chi connectivity index (χ2v) is 3.35. The third-order valence-electron chi connectivity index (χ3n) is 1.96. The van der Waals surface area contributed by atoms with Gasteiger partial charge < -0.3 is 10.5 Å². The fourth-order valence-electron chi connectivity index (χ4n) is 1.06. The summed E-state index contributed by atoms with van der Waals surface area (Å²) in [6.45, 7) is 4.00. The van der Waals surface area contributed by atoms with Crippen molar-refractivity contribution in [3.05, 3.63) is 18.0 Å². The van der Waals surface area contributed by atoms with Gasteiger partial charge in [-0.1, -0.05) is 0 Å². The second-order valence-electron chi connectivity index (χ2n) is 3.35. The van der Waals surface area contributed by atoms with Crippen molar-refractivity contribution in [1.29, 1.82) is 0 Å². The molecule has 2 N–H and O–H groups in total. The summed E-state index contributed by atoms with van der Waals surface area (Å²) in [7, 11) is 1.31. The van der Waals surface area contributed by atoms with E-state index >= 15 is 0 Å². The molecule has 0 bridgehead atoms. The van der Waals surface area contributed by atoms with Gasteiger partial charge in [0, 0.05) is 17.8 Å². The first-order valence-electron chi connectivity index (χ1n) is 4.43. The van der Waals surface area contributed by atoms with Crippen LogP contribution < -0.4 is 5.73 Å². The minimum Gasteiger partial charge on any atom is -0.468 e. The van der Waals surface area contributed by atoms with E-state index in [1.165, 1.54) is 7.11 Å². The maximum atomic E-state index is 11.1. The molecule has 0 saturated heterocycles. The van der Waals surface area contributed by atoms with E-state index in [0.717, 1.165) is 0 Å². The van der Waals surface area contributed by atoms with E-state index in [0.29, 0.717) is 5.56 Å². The van der Waals surface area contributed by atoms with Crippen molar-refractivity contribution in [3.63, 3.8) is 0 Å². The third-order valence-corrected chi connectivity index (χ3v) is 1.96. The fourth-order valence-corrected chi connectivity index (χ4v) is 1.06. The monoisotopic (exact) mass is 197 g/mol. The molecule has 1 aromatic heterocycles. The first-order valence-corrected chi connectivity index (χ1v) is 4.43. The van der Waals surface area contributed by atoms with Crippen molar-refractivity contribution in [1.82, 2.24) is 9.78 Å². The SMILES string of the molecule is COC(=O)C(N)c1cnn(C(C)C)c1. The number of hydrogen-bond acceptors (Lipinski definition) is 4. The van der Waals surface area contributed by atoms with Crippen LogP contribution >= 0.6 is 0 Å². The summed E-state index contributed by atoms with van der Waals surface area (Å²) in [5, 5.41) is 4.08. The summed E-state index contributed by atoms with van der Waals surface area (Å²) >= 11 is 0. The van der Waals surface area contributed by atoms with Crippen LogP contribution in [0.4, 0.5) is 0 Å². The lowest BCUT2D eigenvalue weighted by Gasteiger charge is -2.06. The van der Waals surface area contributed by atoms with E-state index in [1.54, 1.807) is 17.1 Å². The lowest BCUT2D eigenvalue weighted by atomic mass is 10.2. The van der Waals surface area contributed by atoms with Crippen molar-refractivity contribution < 1.29 is 9.53 Å². The number of aromatic nitrogens is 2. The van der Waals surface area contributed by atoms with Crippen molar-refractivity contribution >= 4 is 5.97 Å². The van der Waals surface area contributed by atoms with Crippen LogP contribution in [0.25, 0.3) is 0 Å². The van der Waals surface area contributed by atoms with Gasteiger partial charge in [-0.05, 0) is 13.8 Å². The fraction of sp³-hybridized carbons (Fsp3) is 0.556. The predicted molar refractivity (Wildman–Crippen MR) is 51.6 cm³/mol. The Morgan fingerprint density at radius 3 is 2.71 bits per heavy atom. The van der Waals surface area contributed by atoms with E-state index < -0.39 is 12.0 Å². The van der Waals surface area contributed by atoms with Gasteiger partial charge in [-0.3, -0.25) is 9.48 Å². The Kier molecular flexibility index (Phi) is 3.24. The summed E-state index contributed by atoms with van der Waals surface area (Å²) in [5.74, 6) is -0.451. The molecule has 14 heavy (non-hydrogen) atoms. The second kappa shape index (κ2) is 4.23. The first kappa shape index (κ1) is 10.7. The molecule has 0 spiro atoms. The van der Waals surface area contributed by atoms with Gasteiger partial charge in [-0.15, -0.1) is 0 Å². The molecule has 1 unspecified atom stereocenters. The van der Waals surface area contributed by atoms with Crippen LogP contribution in [-0.2, 0) is 9.53 Å². The molecule has 5 heteroatoms. The zero-order chi connectivity index (χ0) is 10.7. The lowest BCUT2D eigenvalue weighted by Crippen LogP contribution is -2.22. The van der Waals surface area contributed by atoms with Crippen LogP contribution in [0.5, 0.6) is 0 Å².